The zero-order chi connectivity index (χ0) is 22.3. The summed E-state index contributed by atoms with van der Waals surface area (Å²) in [5, 5.41) is 5.87. The minimum Gasteiger partial charge on any atom is -0.376 e. The van der Waals surface area contributed by atoms with Gasteiger partial charge in [0.2, 0.25) is 5.91 Å². The SMILES string of the molecule is O=C(NC[C@H]1CCCO1)c1ccccc1NC(=O)C1CCN(Cc2ccccc2F)CC1. The fourth-order valence-corrected chi connectivity index (χ4v) is 4.35. The van der Waals surface area contributed by atoms with Crippen LogP contribution in [0.2, 0.25) is 0 Å². The molecule has 0 saturated carbocycles. The molecular formula is C25H30FN3O3. The van der Waals surface area contributed by atoms with Gasteiger partial charge in [0.25, 0.3) is 5.91 Å². The van der Waals surface area contributed by atoms with Crippen LogP contribution in [0, 0.1) is 11.7 Å². The van der Waals surface area contributed by atoms with Gasteiger partial charge in [0, 0.05) is 31.2 Å². The number of nitrogens with one attached hydrogen (secondary N) is 2. The van der Waals surface area contributed by atoms with E-state index in [1.807, 2.05) is 12.1 Å². The highest BCUT2D eigenvalue weighted by Gasteiger charge is 2.26. The molecule has 4 rings (SSSR count). The number of nitrogens with zero attached hydrogens (tertiary/aromatic N) is 1. The van der Waals surface area contributed by atoms with Crippen LogP contribution >= 0.6 is 0 Å². The largest absolute Gasteiger partial charge is 0.376 e. The molecule has 2 aliphatic heterocycles. The first-order chi connectivity index (χ1) is 15.6. The van der Waals surface area contributed by atoms with E-state index in [9.17, 15) is 14.0 Å². The third-order valence-electron chi connectivity index (χ3n) is 6.25. The summed E-state index contributed by atoms with van der Waals surface area (Å²) in [5.41, 5.74) is 1.66. The van der Waals surface area contributed by atoms with E-state index < -0.39 is 0 Å². The number of likely N-dealkylation sites (tertiary alicyclic amines) is 1. The summed E-state index contributed by atoms with van der Waals surface area (Å²) in [6.07, 6.45) is 3.44. The van der Waals surface area contributed by atoms with Crippen molar-refractivity contribution in [2.75, 3.05) is 31.6 Å². The van der Waals surface area contributed by atoms with Gasteiger partial charge in [0.15, 0.2) is 0 Å². The van der Waals surface area contributed by atoms with E-state index in [4.69, 9.17) is 4.74 Å². The number of benzene rings is 2. The third-order valence-corrected chi connectivity index (χ3v) is 6.25. The van der Waals surface area contributed by atoms with E-state index in [-0.39, 0.29) is 29.7 Å². The Hall–Kier alpha value is -2.77. The van der Waals surface area contributed by atoms with Crippen LogP contribution in [0.25, 0.3) is 0 Å². The molecule has 2 heterocycles. The van der Waals surface area contributed by atoms with Gasteiger partial charge in [0.05, 0.1) is 17.4 Å². The third kappa shape index (κ3) is 5.72. The summed E-state index contributed by atoms with van der Waals surface area (Å²) in [4.78, 5) is 27.7. The van der Waals surface area contributed by atoms with E-state index >= 15 is 0 Å². The Morgan fingerprint density at radius 1 is 1.03 bits per heavy atom. The van der Waals surface area contributed by atoms with Crippen molar-refractivity contribution in [3.05, 3.63) is 65.5 Å². The Kier molecular flexibility index (Phi) is 7.50. The molecule has 170 valence electrons. The summed E-state index contributed by atoms with van der Waals surface area (Å²) < 4.78 is 19.5. The lowest BCUT2D eigenvalue weighted by atomic mass is 9.95. The second kappa shape index (κ2) is 10.7. The van der Waals surface area contributed by atoms with Crippen LogP contribution in [0.1, 0.15) is 41.6 Å². The number of piperidine rings is 1. The first-order valence-corrected chi connectivity index (χ1v) is 11.4. The van der Waals surface area contributed by atoms with Crippen LogP contribution in [0.3, 0.4) is 0 Å². The average Bonchev–Trinajstić information content (AvgIpc) is 3.33. The van der Waals surface area contributed by atoms with E-state index in [0.29, 0.717) is 42.7 Å². The van der Waals surface area contributed by atoms with Crippen molar-refractivity contribution in [2.45, 2.75) is 38.3 Å². The molecule has 0 aliphatic carbocycles. The first kappa shape index (κ1) is 22.4. The van der Waals surface area contributed by atoms with Crippen LogP contribution in [0.15, 0.2) is 48.5 Å². The Morgan fingerprint density at radius 2 is 1.78 bits per heavy atom. The van der Waals surface area contributed by atoms with Crippen molar-refractivity contribution >= 4 is 17.5 Å². The summed E-state index contributed by atoms with van der Waals surface area (Å²) >= 11 is 0. The molecule has 1 atom stereocenters. The van der Waals surface area contributed by atoms with Crippen LogP contribution < -0.4 is 10.6 Å². The lowest BCUT2D eigenvalue weighted by Gasteiger charge is -2.31. The summed E-state index contributed by atoms with van der Waals surface area (Å²) in [7, 11) is 0. The number of anilines is 1. The number of amides is 2. The molecule has 2 aromatic rings. The number of rotatable bonds is 7. The number of hydrogen-bond acceptors (Lipinski definition) is 4. The highest BCUT2D eigenvalue weighted by Crippen LogP contribution is 2.23. The van der Waals surface area contributed by atoms with Gasteiger partial charge < -0.3 is 15.4 Å². The maximum absolute atomic E-state index is 13.9. The molecule has 0 spiro atoms. The number of carbonyl (C=O) groups excluding carboxylic acids is 2. The minimum atomic E-state index is -0.212. The van der Waals surface area contributed by atoms with Crippen molar-refractivity contribution in [2.24, 2.45) is 5.92 Å². The highest BCUT2D eigenvalue weighted by molar-refractivity contribution is 6.04. The number of para-hydroxylation sites is 1. The van der Waals surface area contributed by atoms with Crippen LogP contribution in [0.5, 0.6) is 0 Å². The number of ether oxygens (including phenoxy) is 1. The van der Waals surface area contributed by atoms with Gasteiger partial charge >= 0.3 is 0 Å². The van der Waals surface area contributed by atoms with Crippen LogP contribution in [-0.4, -0.2) is 49.1 Å². The number of hydrogen-bond donors (Lipinski definition) is 2. The van der Waals surface area contributed by atoms with Gasteiger partial charge in [-0.25, -0.2) is 4.39 Å². The smallest absolute Gasteiger partial charge is 0.253 e. The quantitative estimate of drug-likeness (QED) is 0.692. The fourth-order valence-electron chi connectivity index (χ4n) is 4.35. The van der Waals surface area contributed by atoms with E-state index in [0.717, 1.165) is 32.5 Å². The Morgan fingerprint density at radius 3 is 2.53 bits per heavy atom. The molecule has 2 fully saturated rings. The summed E-state index contributed by atoms with van der Waals surface area (Å²) in [5.74, 6) is -0.609. The zero-order valence-corrected chi connectivity index (χ0v) is 18.2. The van der Waals surface area contributed by atoms with Gasteiger partial charge in [-0.2, -0.15) is 0 Å². The molecule has 0 unspecified atom stereocenters. The summed E-state index contributed by atoms with van der Waals surface area (Å²) in [6, 6.07) is 13.9. The van der Waals surface area contributed by atoms with Crippen molar-refractivity contribution in [1.82, 2.24) is 10.2 Å². The molecule has 2 aliphatic rings. The zero-order valence-electron chi connectivity index (χ0n) is 18.2. The molecule has 2 N–H and O–H groups in total. The monoisotopic (exact) mass is 439 g/mol. The maximum atomic E-state index is 13.9. The predicted octanol–water partition coefficient (Wildman–Crippen LogP) is 3.59. The van der Waals surface area contributed by atoms with Gasteiger partial charge in [-0.15, -0.1) is 0 Å². The maximum Gasteiger partial charge on any atom is 0.253 e. The summed E-state index contributed by atoms with van der Waals surface area (Å²) in [6.45, 7) is 3.23. The van der Waals surface area contributed by atoms with Crippen molar-refractivity contribution in [3.8, 4) is 0 Å². The second-order valence-electron chi connectivity index (χ2n) is 8.52. The molecule has 6 nitrogen and oxygen atoms in total. The Bertz CT molecular complexity index is 938. The van der Waals surface area contributed by atoms with E-state index in [1.165, 1.54) is 6.07 Å². The van der Waals surface area contributed by atoms with Crippen molar-refractivity contribution in [1.29, 1.82) is 0 Å². The molecule has 7 heteroatoms. The molecule has 0 radical (unpaired) electrons. The molecule has 2 amide bonds. The van der Waals surface area contributed by atoms with Gasteiger partial charge in [-0.05, 0) is 57.0 Å². The van der Waals surface area contributed by atoms with Crippen molar-refractivity contribution < 1.29 is 18.7 Å². The molecule has 0 aromatic heterocycles. The average molecular weight is 440 g/mol. The number of halogens is 1. The van der Waals surface area contributed by atoms with E-state index in [2.05, 4.69) is 15.5 Å². The van der Waals surface area contributed by atoms with E-state index in [1.54, 1.807) is 30.3 Å². The Labute approximate surface area is 188 Å². The van der Waals surface area contributed by atoms with Crippen LogP contribution in [0.4, 0.5) is 10.1 Å². The molecule has 0 bridgehead atoms. The lowest BCUT2D eigenvalue weighted by molar-refractivity contribution is -0.121. The molecule has 32 heavy (non-hydrogen) atoms. The first-order valence-electron chi connectivity index (χ1n) is 11.4. The minimum absolute atomic E-state index is 0.0650. The molecule has 2 saturated heterocycles. The van der Waals surface area contributed by atoms with Gasteiger partial charge in [-0.3, -0.25) is 14.5 Å². The second-order valence-corrected chi connectivity index (χ2v) is 8.52. The molecular weight excluding hydrogens is 409 g/mol. The Balaban J connectivity index is 1.29. The lowest BCUT2D eigenvalue weighted by Crippen LogP contribution is -2.38. The number of carbonyl (C=O) groups is 2. The van der Waals surface area contributed by atoms with Gasteiger partial charge in [-0.1, -0.05) is 30.3 Å². The van der Waals surface area contributed by atoms with Crippen LogP contribution in [-0.2, 0) is 16.1 Å². The fraction of sp³-hybridized carbons (Fsp3) is 0.440. The predicted molar refractivity (Wildman–Crippen MR) is 121 cm³/mol. The topological polar surface area (TPSA) is 70.7 Å². The standard InChI is InChI=1S/C25H30FN3O3/c26-22-9-3-1-6-19(22)17-29-13-11-18(12-14-29)24(30)28-23-10-4-2-8-21(23)25(31)27-16-20-7-5-15-32-20/h1-4,6,8-10,18,20H,5,7,11-17H2,(H,27,31)(H,28,30)/t20-/m1/s1. The van der Waals surface area contributed by atoms with Gasteiger partial charge in [0.1, 0.15) is 5.82 Å². The molecule has 2 aromatic carbocycles. The highest BCUT2D eigenvalue weighted by atomic mass is 19.1. The normalized spacial score (nSPS) is 19.6. The van der Waals surface area contributed by atoms with Crippen molar-refractivity contribution in [3.63, 3.8) is 0 Å².